The van der Waals surface area contributed by atoms with Crippen LogP contribution in [-0.4, -0.2) is 73.8 Å². The van der Waals surface area contributed by atoms with E-state index in [2.05, 4.69) is 6.92 Å². The van der Waals surface area contributed by atoms with Gasteiger partial charge in [0.2, 0.25) is 0 Å². The summed E-state index contributed by atoms with van der Waals surface area (Å²) in [5.74, 6) is -0.389. The van der Waals surface area contributed by atoms with Gasteiger partial charge in [-0.1, -0.05) is 30.7 Å². The second-order valence-corrected chi connectivity index (χ2v) is 11.6. The number of halogens is 4. The number of rotatable bonds is 8. The van der Waals surface area contributed by atoms with Crippen LogP contribution in [0.5, 0.6) is 11.5 Å². The van der Waals surface area contributed by atoms with Crippen molar-refractivity contribution in [1.29, 1.82) is 0 Å². The van der Waals surface area contributed by atoms with Crippen molar-refractivity contribution in [2.24, 2.45) is 17.3 Å². The van der Waals surface area contributed by atoms with Crippen molar-refractivity contribution in [2.45, 2.75) is 38.0 Å². The van der Waals surface area contributed by atoms with Gasteiger partial charge in [-0.3, -0.25) is 9.59 Å². The molecule has 0 aromatic heterocycles. The molecule has 3 atom stereocenters. The first-order valence-corrected chi connectivity index (χ1v) is 13.5. The number of carbonyl (C=O) groups is 2. The molecule has 1 aliphatic heterocycles. The Bertz CT molecular complexity index is 1260. The molecule has 0 spiro atoms. The van der Waals surface area contributed by atoms with E-state index in [1.807, 2.05) is 0 Å². The Morgan fingerprint density at radius 1 is 1.12 bits per heavy atom. The number of methoxy groups -OCH3 is 1. The molecule has 218 valence electrons. The number of nitrogens with zero attached hydrogens (tertiary/aromatic N) is 2. The van der Waals surface area contributed by atoms with Gasteiger partial charge in [-0.2, -0.15) is 13.2 Å². The van der Waals surface area contributed by atoms with Crippen molar-refractivity contribution in [1.82, 2.24) is 9.80 Å². The summed E-state index contributed by atoms with van der Waals surface area (Å²) in [7, 11) is 4.60. The van der Waals surface area contributed by atoms with Crippen molar-refractivity contribution < 1.29 is 37.3 Å². The number of benzene rings is 2. The standard InChI is InChI=1S/C29H34ClF3N2O5/c1-27(17-40-21-8-9-22(24(30)15-21)25(36)34(2)3)16-23(27)18-10-12-35(13-11-18)26(37)28(38,29(31,32)33)19-6-5-7-20(14-19)39-4/h5-9,14-15,18,23,38H,10-13,16-17H2,1-4H3/t23?,27?,28-/m1/s1. The molecule has 1 aliphatic carbocycles. The molecule has 1 N–H and O–H groups in total. The Balaban J connectivity index is 1.36. The van der Waals surface area contributed by atoms with Crippen LogP contribution in [-0.2, 0) is 10.4 Å². The summed E-state index contributed by atoms with van der Waals surface area (Å²) in [5.41, 5.74) is -3.96. The van der Waals surface area contributed by atoms with Gasteiger partial charge in [0.15, 0.2) is 0 Å². The van der Waals surface area contributed by atoms with Gasteiger partial charge in [-0.05, 0) is 61.4 Å². The average molecular weight is 583 g/mol. The first-order chi connectivity index (χ1) is 18.7. The maximum Gasteiger partial charge on any atom is 0.430 e. The van der Waals surface area contributed by atoms with Crippen molar-refractivity contribution >= 4 is 23.4 Å². The molecule has 2 aromatic rings. The van der Waals surface area contributed by atoms with Gasteiger partial charge in [0, 0.05) is 38.2 Å². The molecule has 40 heavy (non-hydrogen) atoms. The highest BCUT2D eigenvalue weighted by Crippen LogP contribution is 2.58. The monoisotopic (exact) mass is 582 g/mol. The highest BCUT2D eigenvalue weighted by atomic mass is 35.5. The summed E-state index contributed by atoms with van der Waals surface area (Å²) < 4.78 is 53.3. The van der Waals surface area contributed by atoms with Crippen molar-refractivity contribution in [3.63, 3.8) is 0 Å². The van der Waals surface area contributed by atoms with Gasteiger partial charge >= 0.3 is 6.18 Å². The molecular formula is C29H34ClF3N2O5. The first kappa shape index (κ1) is 30.0. The van der Waals surface area contributed by atoms with Crippen molar-refractivity contribution in [3.05, 3.63) is 58.6 Å². The van der Waals surface area contributed by atoms with Crippen LogP contribution in [0.3, 0.4) is 0 Å². The average Bonchev–Trinajstić information content (AvgIpc) is 3.61. The molecular weight excluding hydrogens is 549 g/mol. The van der Waals surface area contributed by atoms with Crippen molar-refractivity contribution in [2.75, 3.05) is 40.9 Å². The lowest BCUT2D eigenvalue weighted by Gasteiger charge is -2.39. The number of piperidine rings is 1. The first-order valence-electron chi connectivity index (χ1n) is 13.1. The molecule has 0 bridgehead atoms. The number of aliphatic hydroxyl groups is 1. The third-order valence-electron chi connectivity index (χ3n) is 8.17. The summed E-state index contributed by atoms with van der Waals surface area (Å²) >= 11 is 6.28. The predicted molar refractivity (Wildman–Crippen MR) is 143 cm³/mol. The van der Waals surface area contributed by atoms with Gasteiger partial charge in [0.05, 0.1) is 24.3 Å². The predicted octanol–water partition coefficient (Wildman–Crippen LogP) is 5.14. The van der Waals surface area contributed by atoms with E-state index in [4.69, 9.17) is 21.1 Å². The Morgan fingerprint density at radius 3 is 2.38 bits per heavy atom. The third kappa shape index (κ3) is 5.74. The Kier molecular flexibility index (Phi) is 8.34. The Labute approximate surface area is 236 Å². The number of alkyl halides is 3. The zero-order valence-electron chi connectivity index (χ0n) is 22.9. The second kappa shape index (κ2) is 11.1. The lowest BCUT2D eigenvalue weighted by molar-refractivity contribution is -0.262. The van der Waals surface area contributed by atoms with E-state index in [9.17, 15) is 27.9 Å². The normalized spacial score (nSPS) is 22.8. The van der Waals surface area contributed by atoms with Crippen LogP contribution in [0.1, 0.15) is 42.1 Å². The fourth-order valence-electron chi connectivity index (χ4n) is 5.58. The number of ether oxygens (including phenoxy) is 2. The van der Waals surface area contributed by atoms with Gasteiger partial charge in [-0.25, -0.2) is 0 Å². The zero-order chi connectivity index (χ0) is 29.5. The molecule has 7 nitrogen and oxygen atoms in total. The van der Waals surface area contributed by atoms with Gasteiger partial charge in [0.25, 0.3) is 17.4 Å². The van der Waals surface area contributed by atoms with Crippen LogP contribution in [0.2, 0.25) is 5.02 Å². The number of likely N-dealkylation sites (tertiary alicyclic amines) is 1. The molecule has 1 heterocycles. The number of amides is 2. The lowest BCUT2D eigenvalue weighted by Crippen LogP contribution is -2.57. The third-order valence-corrected chi connectivity index (χ3v) is 8.48. The van der Waals surface area contributed by atoms with E-state index >= 15 is 0 Å². The molecule has 11 heteroatoms. The van der Waals surface area contributed by atoms with Crippen LogP contribution >= 0.6 is 11.6 Å². The molecule has 4 rings (SSSR count). The summed E-state index contributed by atoms with van der Waals surface area (Å²) in [6, 6.07) is 9.83. The summed E-state index contributed by atoms with van der Waals surface area (Å²) in [6.45, 7) is 2.77. The topological polar surface area (TPSA) is 79.3 Å². The molecule has 2 aromatic carbocycles. The molecule has 2 amide bonds. The maximum atomic E-state index is 14.1. The molecule has 1 saturated carbocycles. The fourth-order valence-corrected chi connectivity index (χ4v) is 5.83. The summed E-state index contributed by atoms with van der Waals surface area (Å²) in [6.07, 6.45) is -3.25. The second-order valence-electron chi connectivity index (χ2n) is 11.2. The zero-order valence-corrected chi connectivity index (χ0v) is 23.7. The fraction of sp³-hybridized carbons (Fsp3) is 0.517. The number of hydrogen-bond donors (Lipinski definition) is 1. The molecule has 1 saturated heterocycles. The molecule has 2 aliphatic rings. The van der Waals surface area contributed by atoms with Crippen LogP contribution in [0.15, 0.2) is 42.5 Å². The lowest BCUT2D eigenvalue weighted by atomic mass is 9.86. The summed E-state index contributed by atoms with van der Waals surface area (Å²) in [4.78, 5) is 27.9. The van der Waals surface area contributed by atoms with Crippen molar-refractivity contribution in [3.8, 4) is 11.5 Å². The van der Waals surface area contributed by atoms with Gasteiger partial charge in [-0.15, -0.1) is 0 Å². The van der Waals surface area contributed by atoms with Crippen LogP contribution in [0.25, 0.3) is 0 Å². The Morgan fingerprint density at radius 2 is 1.80 bits per heavy atom. The van der Waals surface area contributed by atoms with E-state index in [1.165, 1.54) is 24.1 Å². The maximum absolute atomic E-state index is 14.1. The minimum Gasteiger partial charge on any atom is -0.497 e. The Hall–Kier alpha value is -2.98. The largest absolute Gasteiger partial charge is 0.497 e. The minimum atomic E-state index is -5.21. The van der Waals surface area contributed by atoms with E-state index in [0.717, 1.165) is 23.5 Å². The number of hydrogen-bond acceptors (Lipinski definition) is 5. The number of carbonyl (C=O) groups excluding carboxylic acids is 2. The van der Waals surface area contributed by atoms with Crippen LogP contribution < -0.4 is 9.47 Å². The van der Waals surface area contributed by atoms with E-state index in [0.29, 0.717) is 41.7 Å². The molecule has 2 unspecified atom stereocenters. The quantitative estimate of drug-likeness (QED) is 0.466. The highest BCUT2D eigenvalue weighted by Gasteiger charge is 2.62. The molecule has 0 radical (unpaired) electrons. The van der Waals surface area contributed by atoms with E-state index in [-0.39, 0.29) is 36.1 Å². The smallest absolute Gasteiger partial charge is 0.430 e. The van der Waals surface area contributed by atoms with Gasteiger partial charge in [0.1, 0.15) is 11.5 Å². The van der Waals surface area contributed by atoms with Gasteiger partial charge < -0.3 is 24.4 Å². The highest BCUT2D eigenvalue weighted by molar-refractivity contribution is 6.34. The van der Waals surface area contributed by atoms with Crippen LogP contribution in [0.4, 0.5) is 13.2 Å². The van der Waals surface area contributed by atoms with Crippen LogP contribution in [0, 0.1) is 17.3 Å². The molecule has 2 fully saturated rings. The van der Waals surface area contributed by atoms with E-state index < -0.39 is 23.2 Å². The summed E-state index contributed by atoms with van der Waals surface area (Å²) in [5, 5.41) is 11.1. The van der Waals surface area contributed by atoms with E-state index in [1.54, 1.807) is 32.3 Å². The minimum absolute atomic E-state index is 0.113. The SMILES string of the molecule is COc1cccc([C@@](O)(C(=O)N2CCC(C3CC3(C)COc3ccc(C(=O)N(C)C)c(Cl)c3)CC2)C(F)(F)F)c1.